The van der Waals surface area contributed by atoms with Crippen LogP contribution in [0.4, 0.5) is 10.1 Å². The standard InChI is InChI=1S/C9H4FNO4S/c10-6-1-4(11(14)15)2-7-5(6)3-8(16-7)9(12)13/h1-3H,(H,12,13). The number of non-ortho nitro benzene ring substituents is 1. The van der Waals surface area contributed by atoms with Gasteiger partial charge in [-0.2, -0.15) is 0 Å². The van der Waals surface area contributed by atoms with E-state index < -0.39 is 16.7 Å². The lowest BCUT2D eigenvalue weighted by Gasteiger charge is -1.93. The number of benzene rings is 1. The molecule has 1 aromatic heterocycles. The Kier molecular flexibility index (Phi) is 2.31. The maximum atomic E-state index is 13.4. The van der Waals surface area contributed by atoms with E-state index in [0.29, 0.717) is 0 Å². The molecule has 0 saturated heterocycles. The van der Waals surface area contributed by atoms with E-state index >= 15 is 0 Å². The van der Waals surface area contributed by atoms with Gasteiger partial charge in [0, 0.05) is 16.2 Å². The number of carboxylic acid groups (broad SMARTS) is 1. The molecule has 2 rings (SSSR count). The largest absolute Gasteiger partial charge is 0.477 e. The van der Waals surface area contributed by atoms with Gasteiger partial charge in [-0.3, -0.25) is 10.1 Å². The second kappa shape index (κ2) is 3.53. The van der Waals surface area contributed by atoms with Crippen LogP contribution < -0.4 is 0 Å². The molecule has 5 nitrogen and oxygen atoms in total. The van der Waals surface area contributed by atoms with Crippen LogP contribution >= 0.6 is 11.3 Å². The van der Waals surface area contributed by atoms with Crippen molar-refractivity contribution in [2.45, 2.75) is 0 Å². The van der Waals surface area contributed by atoms with E-state index in [-0.39, 0.29) is 20.7 Å². The van der Waals surface area contributed by atoms with E-state index in [9.17, 15) is 19.3 Å². The summed E-state index contributed by atoms with van der Waals surface area (Å²) < 4.78 is 13.6. The first-order valence-electron chi connectivity index (χ1n) is 4.10. The first kappa shape index (κ1) is 10.5. The Hall–Kier alpha value is -2.02. The average Bonchev–Trinajstić information content (AvgIpc) is 2.61. The molecule has 82 valence electrons. The molecule has 0 radical (unpaired) electrons. The quantitative estimate of drug-likeness (QED) is 0.647. The van der Waals surface area contributed by atoms with Gasteiger partial charge >= 0.3 is 5.97 Å². The number of hydrogen-bond acceptors (Lipinski definition) is 4. The molecule has 0 aliphatic carbocycles. The summed E-state index contributed by atoms with van der Waals surface area (Å²) in [6, 6.07) is 3.11. The van der Waals surface area contributed by atoms with Crippen LogP contribution in [0.3, 0.4) is 0 Å². The smallest absolute Gasteiger partial charge is 0.345 e. The number of carboxylic acids is 1. The molecule has 0 bridgehead atoms. The molecule has 1 aromatic carbocycles. The van der Waals surface area contributed by atoms with Crippen LogP contribution in [-0.2, 0) is 0 Å². The topological polar surface area (TPSA) is 80.4 Å². The lowest BCUT2D eigenvalue weighted by molar-refractivity contribution is -0.384. The fourth-order valence-electron chi connectivity index (χ4n) is 1.29. The maximum absolute atomic E-state index is 13.4. The van der Waals surface area contributed by atoms with Crippen molar-refractivity contribution in [1.29, 1.82) is 0 Å². The van der Waals surface area contributed by atoms with Crippen LogP contribution in [0.25, 0.3) is 10.1 Å². The Labute approximate surface area is 91.9 Å². The molecule has 0 saturated carbocycles. The third kappa shape index (κ3) is 1.61. The zero-order valence-electron chi connectivity index (χ0n) is 7.64. The highest BCUT2D eigenvalue weighted by Crippen LogP contribution is 2.31. The van der Waals surface area contributed by atoms with Gasteiger partial charge in [-0.25, -0.2) is 9.18 Å². The van der Waals surface area contributed by atoms with Crippen molar-refractivity contribution in [1.82, 2.24) is 0 Å². The molecule has 0 amide bonds. The molecular formula is C9H4FNO4S. The average molecular weight is 241 g/mol. The number of nitro groups is 1. The van der Waals surface area contributed by atoms with Gasteiger partial charge in [0.2, 0.25) is 0 Å². The highest BCUT2D eigenvalue weighted by molar-refractivity contribution is 7.20. The maximum Gasteiger partial charge on any atom is 0.345 e. The normalized spacial score (nSPS) is 10.6. The summed E-state index contributed by atoms with van der Waals surface area (Å²) in [4.78, 5) is 20.4. The fourth-order valence-corrected chi connectivity index (χ4v) is 2.24. The fraction of sp³-hybridized carbons (Fsp3) is 0. The van der Waals surface area contributed by atoms with Crippen molar-refractivity contribution in [3.63, 3.8) is 0 Å². The first-order chi connectivity index (χ1) is 7.49. The summed E-state index contributed by atoms with van der Waals surface area (Å²) in [6.07, 6.45) is 0. The highest BCUT2D eigenvalue weighted by Gasteiger charge is 2.16. The summed E-state index contributed by atoms with van der Waals surface area (Å²) in [5.41, 5.74) is -0.385. The minimum atomic E-state index is -1.18. The number of carbonyl (C=O) groups is 1. The second-order valence-corrected chi connectivity index (χ2v) is 4.10. The molecule has 1 heterocycles. The third-order valence-corrected chi connectivity index (χ3v) is 3.06. The summed E-state index contributed by atoms with van der Waals surface area (Å²) in [5.74, 6) is -1.96. The second-order valence-electron chi connectivity index (χ2n) is 3.01. The van der Waals surface area contributed by atoms with Crippen molar-refractivity contribution < 1.29 is 19.2 Å². The predicted molar refractivity (Wildman–Crippen MR) is 55.4 cm³/mol. The van der Waals surface area contributed by atoms with Gasteiger partial charge < -0.3 is 5.11 Å². The number of fused-ring (bicyclic) bond motifs is 1. The van der Waals surface area contributed by atoms with Crippen LogP contribution in [-0.4, -0.2) is 16.0 Å². The van der Waals surface area contributed by atoms with E-state index in [4.69, 9.17) is 5.11 Å². The number of hydrogen-bond donors (Lipinski definition) is 1. The zero-order valence-corrected chi connectivity index (χ0v) is 8.45. The van der Waals surface area contributed by atoms with E-state index in [1.54, 1.807) is 0 Å². The lowest BCUT2D eigenvalue weighted by atomic mass is 10.2. The Morgan fingerprint density at radius 2 is 2.12 bits per heavy atom. The third-order valence-electron chi connectivity index (χ3n) is 1.99. The molecule has 0 aliphatic heterocycles. The lowest BCUT2D eigenvalue weighted by Crippen LogP contribution is -1.89. The minimum Gasteiger partial charge on any atom is -0.477 e. The number of nitro benzene ring substituents is 1. The van der Waals surface area contributed by atoms with E-state index in [0.717, 1.165) is 23.5 Å². The van der Waals surface area contributed by atoms with Crippen LogP contribution in [0, 0.1) is 15.9 Å². The number of nitrogens with zero attached hydrogens (tertiary/aromatic N) is 1. The molecular weight excluding hydrogens is 237 g/mol. The zero-order chi connectivity index (χ0) is 11.9. The molecule has 2 aromatic rings. The van der Waals surface area contributed by atoms with Crippen molar-refractivity contribution >= 4 is 33.1 Å². The van der Waals surface area contributed by atoms with Crippen molar-refractivity contribution in [2.75, 3.05) is 0 Å². The molecule has 0 unspecified atom stereocenters. The van der Waals surface area contributed by atoms with Gasteiger partial charge in [-0.15, -0.1) is 11.3 Å². The number of aromatic carboxylic acids is 1. The number of thiophene rings is 1. The van der Waals surface area contributed by atoms with Crippen LogP contribution in [0.15, 0.2) is 18.2 Å². The molecule has 0 fully saturated rings. The van der Waals surface area contributed by atoms with Crippen LogP contribution in [0.5, 0.6) is 0 Å². The van der Waals surface area contributed by atoms with E-state index in [1.807, 2.05) is 0 Å². The Morgan fingerprint density at radius 1 is 1.44 bits per heavy atom. The molecule has 7 heteroatoms. The van der Waals surface area contributed by atoms with Gasteiger partial charge in [-0.1, -0.05) is 0 Å². The molecule has 0 aliphatic rings. The molecule has 1 N–H and O–H groups in total. The van der Waals surface area contributed by atoms with Crippen LogP contribution in [0.2, 0.25) is 0 Å². The van der Waals surface area contributed by atoms with Crippen LogP contribution in [0.1, 0.15) is 9.67 Å². The Bertz CT molecular complexity index is 607. The minimum absolute atomic E-state index is 0.0469. The van der Waals surface area contributed by atoms with Gasteiger partial charge in [-0.05, 0) is 6.07 Å². The molecule has 16 heavy (non-hydrogen) atoms. The SMILES string of the molecule is O=C(O)c1cc2c(F)cc([N+](=O)[O-])cc2s1. The summed E-state index contributed by atoms with van der Waals surface area (Å²) in [6.45, 7) is 0. The molecule has 0 spiro atoms. The Balaban J connectivity index is 2.72. The number of rotatable bonds is 2. The van der Waals surface area contributed by atoms with Crippen molar-refractivity contribution in [3.05, 3.63) is 39.0 Å². The van der Waals surface area contributed by atoms with E-state index in [2.05, 4.69) is 0 Å². The Morgan fingerprint density at radius 3 is 2.69 bits per heavy atom. The molecule has 0 atom stereocenters. The first-order valence-corrected chi connectivity index (χ1v) is 4.91. The predicted octanol–water partition coefficient (Wildman–Crippen LogP) is 2.65. The van der Waals surface area contributed by atoms with Gasteiger partial charge in [0.15, 0.2) is 0 Å². The number of halogens is 1. The van der Waals surface area contributed by atoms with E-state index in [1.165, 1.54) is 6.07 Å². The summed E-state index contributed by atoms with van der Waals surface area (Å²) in [5, 5.41) is 19.3. The highest BCUT2D eigenvalue weighted by atomic mass is 32.1. The summed E-state index contributed by atoms with van der Waals surface area (Å²) >= 11 is 0.807. The summed E-state index contributed by atoms with van der Waals surface area (Å²) in [7, 11) is 0. The van der Waals surface area contributed by atoms with Crippen molar-refractivity contribution in [3.8, 4) is 0 Å². The van der Waals surface area contributed by atoms with Gasteiger partial charge in [0.1, 0.15) is 10.7 Å². The monoisotopic (exact) mass is 241 g/mol. The van der Waals surface area contributed by atoms with Crippen molar-refractivity contribution in [2.24, 2.45) is 0 Å². The van der Waals surface area contributed by atoms with Gasteiger partial charge in [0.05, 0.1) is 11.0 Å². The van der Waals surface area contributed by atoms with Gasteiger partial charge in [0.25, 0.3) is 5.69 Å².